The van der Waals surface area contributed by atoms with E-state index in [0.29, 0.717) is 46.5 Å². The van der Waals surface area contributed by atoms with Crippen molar-refractivity contribution in [3.05, 3.63) is 65.1 Å². The molecule has 11 heteroatoms. The molecule has 1 aliphatic heterocycles. The molecule has 2 N–H and O–H groups in total. The van der Waals surface area contributed by atoms with Crippen molar-refractivity contribution in [2.24, 2.45) is 0 Å². The van der Waals surface area contributed by atoms with Crippen LogP contribution in [0.3, 0.4) is 0 Å². The second kappa shape index (κ2) is 9.84. The molecule has 11 nitrogen and oxygen atoms in total. The van der Waals surface area contributed by atoms with E-state index in [2.05, 4.69) is 15.4 Å². The molecule has 0 saturated carbocycles. The summed E-state index contributed by atoms with van der Waals surface area (Å²) in [6.07, 6.45) is 2.19. The minimum atomic E-state index is -1.09. The van der Waals surface area contributed by atoms with Gasteiger partial charge in [0.25, 0.3) is 0 Å². The van der Waals surface area contributed by atoms with E-state index in [1.165, 1.54) is 6.33 Å². The number of fused-ring (bicyclic) bond motifs is 1. The van der Waals surface area contributed by atoms with Gasteiger partial charge in [0.2, 0.25) is 11.7 Å². The number of aromatic nitrogens is 3. The number of hydrogen-bond donors (Lipinski definition) is 2. The maximum absolute atomic E-state index is 13.8. The van der Waals surface area contributed by atoms with Gasteiger partial charge in [-0.25, -0.2) is 9.48 Å². The molecular weight excluding hydrogens is 480 g/mol. The quantitative estimate of drug-likeness (QED) is 0.469. The predicted molar refractivity (Wildman–Crippen MR) is 131 cm³/mol. The first kappa shape index (κ1) is 24.2. The van der Waals surface area contributed by atoms with Crippen LogP contribution in [0.1, 0.15) is 35.9 Å². The van der Waals surface area contributed by atoms with Gasteiger partial charge in [-0.2, -0.15) is 10.1 Å². The number of para-hydroxylation sites is 1. The maximum atomic E-state index is 13.8. The summed E-state index contributed by atoms with van der Waals surface area (Å²) in [5, 5.41) is 16.8. The third-order valence-electron chi connectivity index (χ3n) is 6.58. The number of anilines is 1. The van der Waals surface area contributed by atoms with Crippen LogP contribution in [0.15, 0.2) is 54.0 Å². The van der Waals surface area contributed by atoms with Crippen molar-refractivity contribution >= 4 is 17.7 Å². The van der Waals surface area contributed by atoms with Gasteiger partial charge in [0, 0.05) is 23.3 Å². The molecule has 2 heterocycles. The number of Topliss-reactive ketones (excluding diaryl/α,β-unsaturated/α-hetero) is 1. The number of carbonyl (C=O) groups excluding carboxylic acids is 1. The number of aliphatic carboxylic acids is 1. The first-order valence-electron chi connectivity index (χ1n) is 11.6. The van der Waals surface area contributed by atoms with Crippen LogP contribution >= 0.6 is 0 Å². The van der Waals surface area contributed by atoms with Crippen molar-refractivity contribution in [3.63, 3.8) is 0 Å². The third kappa shape index (κ3) is 4.32. The first-order valence-corrected chi connectivity index (χ1v) is 11.6. The van der Waals surface area contributed by atoms with Gasteiger partial charge in [-0.3, -0.25) is 4.79 Å². The summed E-state index contributed by atoms with van der Waals surface area (Å²) in [7, 11) is 4.65. The molecule has 37 heavy (non-hydrogen) atoms. The van der Waals surface area contributed by atoms with E-state index >= 15 is 0 Å². The Bertz CT molecular complexity index is 1370. The van der Waals surface area contributed by atoms with Crippen molar-refractivity contribution in [2.75, 3.05) is 33.3 Å². The average molecular weight is 507 g/mol. The number of methoxy groups -OCH3 is 3. The number of carboxylic acid groups (broad SMARTS) is 1. The van der Waals surface area contributed by atoms with E-state index in [0.717, 1.165) is 11.3 Å². The lowest BCUT2D eigenvalue weighted by Gasteiger charge is -2.35. The Morgan fingerprint density at radius 1 is 1.08 bits per heavy atom. The van der Waals surface area contributed by atoms with E-state index in [-0.39, 0.29) is 18.1 Å². The summed E-state index contributed by atoms with van der Waals surface area (Å²) in [4.78, 5) is 29.2. The van der Waals surface area contributed by atoms with Crippen LogP contribution < -0.4 is 24.3 Å². The highest BCUT2D eigenvalue weighted by Crippen LogP contribution is 2.48. The lowest BCUT2D eigenvalue weighted by atomic mass is 9.77. The predicted octanol–water partition coefficient (Wildman–Crippen LogP) is 3.18. The Kier molecular flexibility index (Phi) is 6.43. The number of hydrogen-bond acceptors (Lipinski definition) is 9. The van der Waals surface area contributed by atoms with E-state index in [4.69, 9.17) is 24.1 Å². The normalized spacial score (nSPS) is 18.4. The Morgan fingerprint density at radius 2 is 1.81 bits per heavy atom. The summed E-state index contributed by atoms with van der Waals surface area (Å²) in [6, 6.07) is 10.2. The van der Waals surface area contributed by atoms with Crippen molar-refractivity contribution in [2.45, 2.75) is 24.8 Å². The number of nitrogens with zero attached hydrogens (tertiary/aromatic N) is 3. The molecule has 3 aromatic rings. The van der Waals surface area contributed by atoms with E-state index in [1.54, 1.807) is 38.1 Å². The number of carbonyl (C=O) groups is 2. The second-order valence-corrected chi connectivity index (χ2v) is 8.66. The molecule has 0 fully saturated rings. The van der Waals surface area contributed by atoms with Crippen LogP contribution in [0.25, 0.3) is 0 Å². The van der Waals surface area contributed by atoms with Crippen molar-refractivity contribution < 1.29 is 33.6 Å². The summed E-state index contributed by atoms with van der Waals surface area (Å²) in [5.74, 6) is 1.05. The molecule has 0 saturated heterocycles. The summed E-state index contributed by atoms with van der Waals surface area (Å²) in [6.45, 7) is -0.505. The lowest BCUT2D eigenvalue weighted by Crippen LogP contribution is -2.34. The number of rotatable bonds is 8. The van der Waals surface area contributed by atoms with Crippen molar-refractivity contribution in [3.8, 4) is 23.0 Å². The molecule has 0 bridgehead atoms. The molecule has 2 atom stereocenters. The summed E-state index contributed by atoms with van der Waals surface area (Å²) >= 11 is 0. The summed E-state index contributed by atoms with van der Waals surface area (Å²) in [5.41, 5.74) is 2.79. The molecule has 0 spiro atoms. The SMILES string of the molecule is COc1cc([C@H]2CC(=O)C3=C(C2)Nc2ncnn2[C@H]3c2ccccc2OCC(=O)O)cc(OC)c1OC. The fourth-order valence-electron chi connectivity index (χ4n) is 4.99. The number of ether oxygens (including phenoxy) is 4. The number of benzene rings is 2. The van der Waals surface area contributed by atoms with Gasteiger partial charge >= 0.3 is 5.97 Å². The molecule has 0 radical (unpaired) electrons. The van der Waals surface area contributed by atoms with Gasteiger partial charge in [-0.05, 0) is 36.1 Å². The average Bonchev–Trinajstić information content (AvgIpc) is 3.38. The Labute approximate surface area is 212 Å². The van der Waals surface area contributed by atoms with Gasteiger partial charge in [-0.1, -0.05) is 18.2 Å². The largest absolute Gasteiger partial charge is 0.493 e. The molecule has 2 aromatic carbocycles. The second-order valence-electron chi connectivity index (χ2n) is 8.66. The van der Waals surface area contributed by atoms with Crippen molar-refractivity contribution in [1.29, 1.82) is 0 Å². The molecule has 1 aromatic heterocycles. The van der Waals surface area contributed by atoms with Crippen molar-refractivity contribution in [1.82, 2.24) is 14.8 Å². The highest BCUT2D eigenvalue weighted by molar-refractivity contribution is 6.00. The van der Waals surface area contributed by atoms with Crippen LogP contribution in [0.2, 0.25) is 0 Å². The Hall–Kier alpha value is -4.54. The number of nitrogens with one attached hydrogen (secondary N) is 1. The van der Waals surface area contributed by atoms with Gasteiger partial charge in [0.05, 0.1) is 21.3 Å². The standard InChI is InChI=1S/C26H26N4O7/c1-34-20-10-15(11-21(35-2)25(20)36-3)14-8-17-23(18(31)9-14)24(30-26(29-17)27-13-28-30)16-6-4-5-7-19(16)37-12-22(32)33/h4-7,10-11,13-14,24H,8-9,12H2,1-3H3,(H,32,33)(H,27,28,29)/t14-,24+/m1/s1. The number of carboxylic acids is 1. The Morgan fingerprint density at radius 3 is 2.49 bits per heavy atom. The van der Waals surface area contributed by atoms with E-state index in [9.17, 15) is 9.59 Å². The zero-order valence-electron chi connectivity index (χ0n) is 20.6. The topological polar surface area (TPSA) is 134 Å². The molecule has 1 aliphatic carbocycles. The highest BCUT2D eigenvalue weighted by atomic mass is 16.5. The lowest BCUT2D eigenvalue weighted by molar-refractivity contribution is -0.139. The van der Waals surface area contributed by atoms with Crippen LogP contribution in [0, 0.1) is 0 Å². The highest BCUT2D eigenvalue weighted by Gasteiger charge is 2.40. The zero-order valence-corrected chi connectivity index (χ0v) is 20.6. The molecule has 192 valence electrons. The van der Waals surface area contributed by atoms with Crippen LogP contribution in [-0.2, 0) is 9.59 Å². The van der Waals surface area contributed by atoms with Gasteiger partial charge < -0.3 is 29.4 Å². The van der Waals surface area contributed by atoms with E-state index in [1.807, 2.05) is 24.3 Å². The fourth-order valence-corrected chi connectivity index (χ4v) is 4.99. The molecule has 2 aliphatic rings. The number of allylic oxidation sites excluding steroid dienone is 2. The Balaban J connectivity index is 1.57. The fraction of sp³-hybridized carbons (Fsp3) is 0.308. The number of ketones is 1. The molecule has 0 unspecified atom stereocenters. The molecular formula is C26H26N4O7. The van der Waals surface area contributed by atoms with Crippen LogP contribution in [0.5, 0.6) is 23.0 Å². The van der Waals surface area contributed by atoms with Gasteiger partial charge in [0.1, 0.15) is 18.1 Å². The minimum absolute atomic E-state index is 0.0633. The molecule has 5 rings (SSSR count). The molecule has 0 amide bonds. The summed E-state index contributed by atoms with van der Waals surface area (Å²) < 4.78 is 23.7. The zero-order chi connectivity index (χ0) is 26.1. The van der Waals surface area contributed by atoms with Crippen LogP contribution in [0.4, 0.5) is 5.95 Å². The smallest absolute Gasteiger partial charge is 0.341 e. The van der Waals surface area contributed by atoms with Gasteiger partial charge in [0.15, 0.2) is 23.9 Å². The first-order chi connectivity index (χ1) is 17.9. The van der Waals surface area contributed by atoms with Crippen LogP contribution in [-0.4, -0.2) is 59.6 Å². The van der Waals surface area contributed by atoms with Gasteiger partial charge in [-0.15, -0.1) is 0 Å². The monoisotopic (exact) mass is 506 g/mol. The van der Waals surface area contributed by atoms with E-state index < -0.39 is 18.6 Å². The maximum Gasteiger partial charge on any atom is 0.341 e. The third-order valence-corrected chi connectivity index (χ3v) is 6.58. The minimum Gasteiger partial charge on any atom is -0.493 e.